The lowest BCUT2D eigenvalue weighted by Gasteiger charge is -2.12. The van der Waals surface area contributed by atoms with E-state index in [0.717, 1.165) is 6.07 Å². The summed E-state index contributed by atoms with van der Waals surface area (Å²) in [6.45, 7) is 4.60. The maximum atomic E-state index is 14.1. The third-order valence-corrected chi connectivity index (χ3v) is 2.87. The second-order valence-corrected chi connectivity index (χ2v) is 4.76. The van der Waals surface area contributed by atoms with E-state index in [1.165, 1.54) is 6.20 Å². The second kappa shape index (κ2) is 6.45. The fourth-order valence-corrected chi connectivity index (χ4v) is 1.98. The van der Waals surface area contributed by atoms with Crippen LogP contribution in [-0.2, 0) is 4.74 Å². The molecule has 0 spiro atoms. The van der Waals surface area contributed by atoms with Crippen LogP contribution in [0.1, 0.15) is 13.8 Å². The van der Waals surface area contributed by atoms with Gasteiger partial charge in [0, 0.05) is 12.7 Å². The fourth-order valence-electron chi connectivity index (χ4n) is 1.98. The quantitative estimate of drug-likeness (QED) is 0.503. The molecular formula is C14H16FN3O3. The highest BCUT2D eigenvalue weighted by Gasteiger charge is 2.19. The highest BCUT2D eigenvalue weighted by atomic mass is 19.1. The van der Waals surface area contributed by atoms with Crippen LogP contribution in [0.2, 0.25) is 0 Å². The van der Waals surface area contributed by atoms with Gasteiger partial charge in [0.25, 0.3) is 5.69 Å². The van der Waals surface area contributed by atoms with Gasteiger partial charge in [0.15, 0.2) is 5.82 Å². The number of aromatic nitrogens is 1. The minimum atomic E-state index is -0.697. The van der Waals surface area contributed by atoms with E-state index in [-0.39, 0.29) is 23.0 Å². The number of nitrogens with zero attached hydrogens (tertiary/aromatic N) is 2. The molecule has 2 aromatic rings. The Bertz CT molecular complexity index is 661. The monoisotopic (exact) mass is 293 g/mol. The minimum absolute atomic E-state index is 0.0865. The first-order valence-electron chi connectivity index (χ1n) is 6.57. The van der Waals surface area contributed by atoms with Gasteiger partial charge in [-0.05, 0) is 26.0 Å². The predicted octanol–water partition coefficient (Wildman–Crippen LogP) is 3.12. The molecule has 0 aliphatic heterocycles. The Morgan fingerprint density at radius 3 is 2.95 bits per heavy atom. The number of rotatable bonds is 6. The molecule has 7 heteroatoms. The molecular weight excluding hydrogens is 277 g/mol. The van der Waals surface area contributed by atoms with Crippen LogP contribution < -0.4 is 5.32 Å². The Balaban J connectivity index is 2.33. The average molecular weight is 293 g/mol. The molecule has 0 fully saturated rings. The molecule has 0 aliphatic carbocycles. The maximum Gasteiger partial charge on any atom is 0.281 e. The van der Waals surface area contributed by atoms with E-state index in [0.29, 0.717) is 18.5 Å². The third-order valence-electron chi connectivity index (χ3n) is 2.87. The Morgan fingerprint density at radius 1 is 1.52 bits per heavy atom. The number of nitrogens with one attached hydrogen (secondary N) is 1. The molecule has 112 valence electrons. The number of benzene rings is 1. The van der Waals surface area contributed by atoms with Crippen molar-refractivity contribution in [3.05, 3.63) is 40.3 Å². The van der Waals surface area contributed by atoms with Crippen LogP contribution in [0.3, 0.4) is 0 Å². The number of anilines is 1. The molecule has 0 amide bonds. The summed E-state index contributed by atoms with van der Waals surface area (Å²) in [5.41, 5.74) is 0.108. The third kappa shape index (κ3) is 3.43. The molecule has 1 aromatic heterocycles. The number of pyridine rings is 1. The van der Waals surface area contributed by atoms with Gasteiger partial charge in [0.2, 0.25) is 0 Å². The zero-order valence-corrected chi connectivity index (χ0v) is 11.8. The number of fused-ring (bicyclic) bond motifs is 1. The smallest absolute Gasteiger partial charge is 0.281 e. The number of halogens is 1. The van der Waals surface area contributed by atoms with Gasteiger partial charge in [-0.15, -0.1) is 0 Å². The van der Waals surface area contributed by atoms with Crippen LogP contribution in [0, 0.1) is 15.9 Å². The van der Waals surface area contributed by atoms with Crippen molar-refractivity contribution in [1.82, 2.24) is 4.98 Å². The van der Waals surface area contributed by atoms with Crippen molar-refractivity contribution in [1.29, 1.82) is 0 Å². The number of nitro groups is 1. The van der Waals surface area contributed by atoms with Crippen molar-refractivity contribution in [2.24, 2.45) is 0 Å². The number of nitro benzene ring substituents is 1. The number of non-ortho nitro benzene ring substituents is 1. The predicted molar refractivity (Wildman–Crippen MR) is 77.9 cm³/mol. The lowest BCUT2D eigenvalue weighted by molar-refractivity contribution is -0.383. The maximum absolute atomic E-state index is 14.1. The summed E-state index contributed by atoms with van der Waals surface area (Å²) < 4.78 is 19.4. The molecule has 0 saturated carbocycles. The van der Waals surface area contributed by atoms with Crippen molar-refractivity contribution < 1.29 is 14.1 Å². The molecule has 21 heavy (non-hydrogen) atoms. The lowest BCUT2D eigenvalue weighted by Crippen LogP contribution is -2.14. The highest BCUT2D eigenvalue weighted by Crippen LogP contribution is 2.32. The molecule has 0 unspecified atom stereocenters. The molecule has 0 aliphatic rings. The molecule has 2 rings (SSSR count). The van der Waals surface area contributed by atoms with Gasteiger partial charge >= 0.3 is 0 Å². The zero-order chi connectivity index (χ0) is 15.4. The van der Waals surface area contributed by atoms with E-state index in [9.17, 15) is 14.5 Å². The van der Waals surface area contributed by atoms with Crippen LogP contribution in [0.4, 0.5) is 15.8 Å². The summed E-state index contributed by atoms with van der Waals surface area (Å²) in [6.07, 6.45) is 1.56. The fraction of sp³-hybridized carbons (Fsp3) is 0.357. The van der Waals surface area contributed by atoms with E-state index in [4.69, 9.17) is 4.74 Å². The molecule has 6 nitrogen and oxygen atoms in total. The van der Waals surface area contributed by atoms with Crippen LogP contribution in [0.25, 0.3) is 10.9 Å². The van der Waals surface area contributed by atoms with Crippen LogP contribution in [-0.4, -0.2) is 29.2 Å². The molecule has 1 heterocycles. The number of hydrogen-bond donors (Lipinski definition) is 1. The summed E-state index contributed by atoms with van der Waals surface area (Å²) >= 11 is 0. The van der Waals surface area contributed by atoms with E-state index >= 15 is 0 Å². The number of hydrogen-bond acceptors (Lipinski definition) is 5. The standard InChI is InChI=1S/C14H16FN3O3/c1-9(2)21-7-6-17-14-11(15)8-12(18(19)20)10-4-3-5-16-13(10)14/h3-5,8-9,17H,6-7H2,1-2H3. The summed E-state index contributed by atoms with van der Waals surface area (Å²) in [6, 6.07) is 4.05. The van der Waals surface area contributed by atoms with Crippen molar-refractivity contribution in [2.45, 2.75) is 20.0 Å². The molecule has 0 atom stereocenters. The van der Waals surface area contributed by atoms with Crippen molar-refractivity contribution in [3.8, 4) is 0 Å². The topological polar surface area (TPSA) is 77.3 Å². The summed E-state index contributed by atoms with van der Waals surface area (Å²) in [5.74, 6) is -0.697. The van der Waals surface area contributed by atoms with E-state index in [1.54, 1.807) is 12.1 Å². The van der Waals surface area contributed by atoms with Gasteiger partial charge in [0.05, 0.1) is 34.8 Å². The van der Waals surface area contributed by atoms with Gasteiger partial charge in [-0.25, -0.2) is 4.39 Å². The molecule has 1 N–H and O–H groups in total. The Labute approximate surface area is 121 Å². The first-order chi connectivity index (χ1) is 10.0. The van der Waals surface area contributed by atoms with E-state index in [1.807, 2.05) is 13.8 Å². The molecule has 0 radical (unpaired) electrons. The van der Waals surface area contributed by atoms with Crippen LogP contribution in [0.15, 0.2) is 24.4 Å². The number of ether oxygens (including phenoxy) is 1. The van der Waals surface area contributed by atoms with Crippen molar-refractivity contribution in [3.63, 3.8) is 0 Å². The zero-order valence-electron chi connectivity index (χ0n) is 11.8. The van der Waals surface area contributed by atoms with Crippen LogP contribution >= 0.6 is 0 Å². The summed E-state index contributed by atoms with van der Waals surface area (Å²) in [4.78, 5) is 14.4. The van der Waals surface area contributed by atoms with E-state index in [2.05, 4.69) is 10.3 Å². The largest absolute Gasteiger partial charge is 0.379 e. The Kier molecular flexibility index (Phi) is 4.64. The van der Waals surface area contributed by atoms with Gasteiger partial charge < -0.3 is 10.1 Å². The van der Waals surface area contributed by atoms with E-state index < -0.39 is 10.7 Å². The minimum Gasteiger partial charge on any atom is -0.379 e. The Hall–Kier alpha value is -2.28. The Morgan fingerprint density at radius 2 is 2.29 bits per heavy atom. The normalized spacial score (nSPS) is 11.0. The van der Waals surface area contributed by atoms with Gasteiger partial charge in [-0.1, -0.05) is 0 Å². The highest BCUT2D eigenvalue weighted by molar-refractivity contribution is 5.97. The summed E-state index contributed by atoms with van der Waals surface area (Å²) in [5, 5.41) is 14.2. The second-order valence-electron chi connectivity index (χ2n) is 4.76. The van der Waals surface area contributed by atoms with Gasteiger partial charge in [-0.3, -0.25) is 15.1 Å². The van der Waals surface area contributed by atoms with Crippen molar-refractivity contribution in [2.75, 3.05) is 18.5 Å². The molecule has 1 aromatic carbocycles. The molecule has 0 saturated heterocycles. The van der Waals surface area contributed by atoms with Gasteiger partial charge in [-0.2, -0.15) is 0 Å². The molecule has 0 bridgehead atoms. The van der Waals surface area contributed by atoms with Crippen LogP contribution in [0.5, 0.6) is 0 Å². The SMILES string of the molecule is CC(C)OCCNc1c(F)cc([N+](=O)[O-])c2cccnc12. The van der Waals surface area contributed by atoms with Crippen molar-refractivity contribution >= 4 is 22.3 Å². The lowest BCUT2D eigenvalue weighted by atomic mass is 10.1. The first-order valence-corrected chi connectivity index (χ1v) is 6.57. The average Bonchev–Trinajstić information content (AvgIpc) is 2.44. The summed E-state index contributed by atoms with van der Waals surface area (Å²) in [7, 11) is 0. The van der Waals surface area contributed by atoms with Gasteiger partial charge in [0.1, 0.15) is 5.52 Å². The first kappa shape index (κ1) is 15.1.